The fourth-order valence-electron chi connectivity index (χ4n) is 3.05. The van der Waals surface area contributed by atoms with Gasteiger partial charge in [0, 0.05) is 36.8 Å². The maximum absolute atomic E-state index is 12.6. The van der Waals surface area contributed by atoms with Crippen LogP contribution in [0.15, 0.2) is 53.1 Å². The quantitative estimate of drug-likeness (QED) is 0.444. The molecule has 0 saturated carbocycles. The molecule has 154 valence electrons. The van der Waals surface area contributed by atoms with Crippen molar-refractivity contribution in [3.8, 4) is 5.75 Å². The Bertz CT molecular complexity index is 1030. The third kappa shape index (κ3) is 4.77. The van der Waals surface area contributed by atoms with E-state index in [1.807, 2.05) is 30.5 Å². The van der Waals surface area contributed by atoms with Gasteiger partial charge in [0.05, 0.1) is 13.0 Å². The van der Waals surface area contributed by atoms with Crippen LogP contribution >= 0.6 is 23.1 Å². The molecule has 1 aliphatic rings. The number of carbonyl (C=O) groups excluding carboxylic acids is 2. The van der Waals surface area contributed by atoms with E-state index in [-0.39, 0.29) is 18.2 Å². The molecule has 2 aromatic heterocycles. The molecule has 4 rings (SSSR count). The van der Waals surface area contributed by atoms with Crippen LogP contribution in [-0.4, -0.2) is 40.7 Å². The molecule has 1 N–H and O–H groups in total. The lowest BCUT2D eigenvalue weighted by Crippen LogP contribution is -2.28. The van der Waals surface area contributed by atoms with Crippen LogP contribution in [0.1, 0.15) is 12.0 Å². The normalized spacial score (nSPS) is 16.0. The second-order valence-electron chi connectivity index (χ2n) is 6.62. The molecule has 1 atom stereocenters. The summed E-state index contributed by atoms with van der Waals surface area (Å²) in [7, 11) is 1.59. The highest BCUT2D eigenvalue weighted by molar-refractivity contribution is 8.00. The number of amides is 2. The number of hydrogen-bond donors (Lipinski definition) is 1. The minimum absolute atomic E-state index is 0.0784. The summed E-state index contributed by atoms with van der Waals surface area (Å²) >= 11 is 2.85. The van der Waals surface area contributed by atoms with Crippen molar-refractivity contribution in [2.75, 3.05) is 23.9 Å². The van der Waals surface area contributed by atoms with E-state index < -0.39 is 5.92 Å². The molecular formula is C20H19N5O3S2. The Morgan fingerprint density at radius 2 is 2.13 bits per heavy atom. The van der Waals surface area contributed by atoms with Crippen molar-refractivity contribution in [1.29, 1.82) is 0 Å². The molecule has 0 aliphatic carbocycles. The maximum Gasteiger partial charge on any atom is 0.231 e. The summed E-state index contributed by atoms with van der Waals surface area (Å²) in [6, 6.07) is 11.1. The first-order chi connectivity index (χ1) is 14.6. The number of methoxy groups -OCH3 is 1. The van der Waals surface area contributed by atoms with Crippen LogP contribution in [0.25, 0.3) is 0 Å². The second-order valence-corrected chi connectivity index (χ2v) is 8.82. The van der Waals surface area contributed by atoms with Crippen molar-refractivity contribution in [2.24, 2.45) is 5.92 Å². The van der Waals surface area contributed by atoms with E-state index in [4.69, 9.17) is 4.74 Å². The number of ether oxygens (including phenoxy) is 1. The van der Waals surface area contributed by atoms with E-state index in [0.29, 0.717) is 17.4 Å². The number of pyridine rings is 1. The predicted octanol–water partition coefficient (Wildman–Crippen LogP) is 3.23. The summed E-state index contributed by atoms with van der Waals surface area (Å²) in [5, 5.41) is 11.4. The van der Waals surface area contributed by atoms with E-state index in [2.05, 4.69) is 20.5 Å². The predicted molar refractivity (Wildman–Crippen MR) is 116 cm³/mol. The number of aromatic nitrogens is 3. The average molecular weight is 442 g/mol. The fraction of sp³-hybridized carbons (Fsp3) is 0.250. The SMILES string of the molecule is COc1ccc(N2C[C@H](C(=O)Nc3nnc(SCc4cccnc4)s3)CC2=O)cc1. The number of nitrogens with zero attached hydrogens (tertiary/aromatic N) is 4. The van der Waals surface area contributed by atoms with Gasteiger partial charge in [-0.25, -0.2) is 0 Å². The molecule has 1 fully saturated rings. The minimum atomic E-state index is -0.435. The largest absolute Gasteiger partial charge is 0.497 e. The Labute approximate surface area is 181 Å². The number of thioether (sulfide) groups is 1. The molecule has 2 amide bonds. The maximum atomic E-state index is 12.6. The third-order valence-corrected chi connectivity index (χ3v) is 6.64. The number of nitrogens with one attached hydrogen (secondary N) is 1. The number of carbonyl (C=O) groups is 2. The van der Waals surface area contributed by atoms with Crippen LogP contribution in [0.5, 0.6) is 5.75 Å². The van der Waals surface area contributed by atoms with Gasteiger partial charge in [0.1, 0.15) is 5.75 Å². The van der Waals surface area contributed by atoms with Gasteiger partial charge in [0.15, 0.2) is 4.34 Å². The van der Waals surface area contributed by atoms with Crippen LogP contribution in [0.2, 0.25) is 0 Å². The molecule has 0 radical (unpaired) electrons. The Balaban J connectivity index is 1.33. The van der Waals surface area contributed by atoms with E-state index in [1.165, 1.54) is 23.1 Å². The smallest absolute Gasteiger partial charge is 0.231 e. The van der Waals surface area contributed by atoms with E-state index in [9.17, 15) is 9.59 Å². The van der Waals surface area contributed by atoms with Gasteiger partial charge >= 0.3 is 0 Å². The van der Waals surface area contributed by atoms with Gasteiger partial charge in [-0.2, -0.15) is 0 Å². The zero-order valence-corrected chi connectivity index (χ0v) is 17.8. The lowest BCUT2D eigenvalue weighted by Gasteiger charge is -2.16. The lowest BCUT2D eigenvalue weighted by molar-refractivity contribution is -0.122. The Morgan fingerprint density at radius 3 is 2.87 bits per heavy atom. The topological polar surface area (TPSA) is 97.3 Å². The van der Waals surface area contributed by atoms with Crippen molar-refractivity contribution >= 4 is 45.7 Å². The fourth-order valence-corrected chi connectivity index (χ4v) is 4.74. The van der Waals surface area contributed by atoms with Crippen LogP contribution in [0, 0.1) is 5.92 Å². The van der Waals surface area contributed by atoms with Gasteiger partial charge < -0.3 is 15.0 Å². The van der Waals surface area contributed by atoms with Gasteiger partial charge in [-0.05, 0) is 35.9 Å². The van der Waals surface area contributed by atoms with Crippen LogP contribution in [-0.2, 0) is 15.3 Å². The van der Waals surface area contributed by atoms with Crippen molar-refractivity contribution < 1.29 is 14.3 Å². The third-order valence-electron chi connectivity index (χ3n) is 4.60. The van der Waals surface area contributed by atoms with Crippen LogP contribution < -0.4 is 15.0 Å². The summed E-state index contributed by atoms with van der Waals surface area (Å²) in [4.78, 5) is 30.8. The second kappa shape index (κ2) is 9.23. The van der Waals surface area contributed by atoms with E-state index in [1.54, 1.807) is 30.3 Å². The van der Waals surface area contributed by atoms with Gasteiger partial charge in [0.25, 0.3) is 0 Å². The molecule has 0 bridgehead atoms. The Morgan fingerprint density at radius 1 is 1.30 bits per heavy atom. The molecular weight excluding hydrogens is 422 g/mol. The molecule has 1 aliphatic heterocycles. The van der Waals surface area contributed by atoms with Crippen molar-refractivity contribution in [3.63, 3.8) is 0 Å². The zero-order valence-electron chi connectivity index (χ0n) is 16.1. The van der Waals surface area contributed by atoms with Gasteiger partial charge in [-0.3, -0.25) is 14.6 Å². The zero-order chi connectivity index (χ0) is 20.9. The van der Waals surface area contributed by atoms with Crippen molar-refractivity contribution in [1.82, 2.24) is 15.2 Å². The van der Waals surface area contributed by atoms with Crippen molar-refractivity contribution in [3.05, 3.63) is 54.4 Å². The molecule has 1 saturated heterocycles. The molecule has 3 heterocycles. The minimum Gasteiger partial charge on any atom is -0.497 e. The molecule has 3 aromatic rings. The Hall–Kier alpha value is -2.98. The Kier molecular flexibility index (Phi) is 6.24. The van der Waals surface area contributed by atoms with Crippen molar-refractivity contribution in [2.45, 2.75) is 16.5 Å². The number of benzene rings is 1. The standard InChI is InChI=1S/C20H19N5O3S2/c1-28-16-6-4-15(5-7-16)25-11-14(9-17(25)26)18(27)22-19-23-24-20(30-19)29-12-13-3-2-8-21-10-13/h2-8,10,14H,9,11-12H2,1H3,(H,22,23,27)/t14-/m1/s1. The highest BCUT2D eigenvalue weighted by atomic mass is 32.2. The summed E-state index contributed by atoms with van der Waals surface area (Å²) in [5.41, 5.74) is 1.84. The van der Waals surface area contributed by atoms with Gasteiger partial charge in [-0.1, -0.05) is 29.2 Å². The van der Waals surface area contributed by atoms with Crippen LogP contribution in [0.3, 0.4) is 0 Å². The summed E-state index contributed by atoms with van der Waals surface area (Å²) in [5.74, 6) is 0.706. The monoisotopic (exact) mass is 441 g/mol. The highest BCUT2D eigenvalue weighted by Crippen LogP contribution is 2.30. The molecule has 0 unspecified atom stereocenters. The molecule has 0 spiro atoms. The average Bonchev–Trinajstić information content (AvgIpc) is 3.39. The first-order valence-corrected chi connectivity index (χ1v) is 11.0. The molecule has 8 nitrogen and oxygen atoms in total. The van der Waals surface area contributed by atoms with Crippen LogP contribution in [0.4, 0.5) is 10.8 Å². The molecule has 1 aromatic carbocycles. The van der Waals surface area contributed by atoms with E-state index >= 15 is 0 Å². The summed E-state index contributed by atoms with van der Waals surface area (Å²) < 4.78 is 5.91. The number of hydrogen-bond acceptors (Lipinski definition) is 8. The highest BCUT2D eigenvalue weighted by Gasteiger charge is 2.35. The number of anilines is 2. The first kappa shape index (κ1) is 20.3. The first-order valence-electron chi connectivity index (χ1n) is 9.23. The van der Waals surface area contributed by atoms with E-state index in [0.717, 1.165) is 21.3 Å². The van der Waals surface area contributed by atoms with Gasteiger partial charge in [-0.15, -0.1) is 10.2 Å². The lowest BCUT2D eigenvalue weighted by atomic mass is 10.1. The molecule has 10 heteroatoms. The summed E-state index contributed by atoms with van der Waals surface area (Å²) in [6.45, 7) is 0.332. The van der Waals surface area contributed by atoms with Gasteiger partial charge in [0.2, 0.25) is 16.9 Å². The summed E-state index contributed by atoms with van der Waals surface area (Å²) in [6.07, 6.45) is 3.71. The number of rotatable bonds is 7. The molecule has 30 heavy (non-hydrogen) atoms.